The molecule has 0 N–H and O–H groups in total. The molecule has 2 aliphatic rings. The molecule has 5 heteroatoms. The van der Waals surface area contributed by atoms with E-state index < -0.39 is 10.0 Å². The number of sulfonamides is 1. The third-order valence-corrected chi connectivity index (χ3v) is 6.66. The van der Waals surface area contributed by atoms with Crippen LogP contribution in [0.2, 0.25) is 0 Å². The van der Waals surface area contributed by atoms with Gasteiger partial charge in [0.2, 0.25) is 10.0 Å². The van der Waals surface area contributed by atoms with Gasteiger partial charge < -0.3 is 0 Å². The van der Waals surface area contributed by atoms with E-state index in [9.17, 15) is 8.42 Å². The van der Waals surface area contributed by atoms with Crippen molar-refractivity contribution in [2.24, 2.45) is 5.92 Å². The Kier molecular flexibility index (Phi) is 3.48. The number of hydrogen-bond acceptors (Lipinski definition) is 2. The fourth-order valence-corrected chi connectivity index (χ4v) is 5.22. The Morgan fingerprint density at radius 1 is 1.26 bits per heavy atom. The third-order valence-electron chi connectivity index (χ3n) is 3.76. The molecule has 2 aliphatic carbocycles. The van der Waals surface area contributed by atoms with Crippen molar-refractivity contribution >= 4 is 26.0 Å². The number of rotatable bonds is 5. The van der Waals surface area contributed by atoms with E-state index in [0.717, 1.165) is 18.4 Å². The lowest BCUT2D eigenvalue weighted by molar-refractivity contribution is 0.388. The third kappa shape index (κ3) is 2.88. The Bertz CT molecular complexity index is 591. The van der Waals surface area contributed by atoms with Crippen molar-refractivity contribution in [2.45, 2.75) is 43.5 Å². The van der Waals surface area contributed by atoms with E-state index in [-0.39, 0.29) is 6.04 Å². The van der Waals surface area contributed by atoms with Crippen LogP contribution in [0.4, 0.5) is 0 Å². The lowest BCUT2D eigenvalue weighted by Crippen LogP contribution is -2.35. The highest BCUT2D eigenvalue weighted by Crippen LogP contribution is 2.39. The molecule has 0 radical (unpaired) electrons. The van der Waals surface area contributed by atoms with Crippen LogP contribution in [-0.4, -0.2) is 25.3 Å². The maximum atomic E-state index is 12.8. The molecule has 104 valence electrons. The maximum Gasteiger partial charge on any atom is 0.244 e. The van der Waals surface area contributed by atoms with E-state index in [2.05, 4.69) is 15.9 Å². The Morgan fingerprint density at radius 2 is 1.95 bits per heavy atom. The van der Waals surface area contributed by atoms with Crippen LogP contribution in [-0.2, 0) is 10.0 Å². The second kappa shape index (κ2) is 4.86. The van der Waals surface area contributed by atoms with Crippen molar-refractivity contribution in [3.8, 4) is 0 Å². The minimum Gasteiger partial charge on any atom is -0.207 e. The first-order valence-electron chi connectivity index (χ1n) is 6.76. The molecule has 3 rings (SSSR count). The van der Waals surface area contributed by atoms with Gasteiger partial charge in [-0.2, -0.15) is 4.31 Å². The summed E-state index contributed by atoms with van der Waals surface area (Å²) in [7, 11) is -3.35. The summed E-state index contributed by atoms with van der Waals surface area (Å²) < 4.78 is 28.0. The molecule has 1 aromatic carbocycles. The normalized spacial score (nSPS) is 19.9. The molecule has 0 amide bonds. The van der Waals surface area contributed by atoms with E-state index in [4.69, 9.17) is 0 Å². The first kappa shape index (κ1) is 13.6. The molecule has 0 spiro atoms. The maximum absolute atomic E-state index is 12.8. The topological polar surface area (TPSA) is 37.4 Å². The highest BCUT2D eigenvalue weighted by atomic mass is 79.9. The molecular formula is C14H18BrNO2S. The summed E-state index contributed by atoms with van der Waals surface area (Å²) in [6, 6.07) is 5.69. The zero-order chi connectivity index (χ0) is 13.6. The van der Waals surface area contributed by atoms with Gasteiger partial charge in [-0.25, -0.2) is 8.42 Å². The quantitative estimate of drug-likeness (QED) is 0.822. The van der Waals surface area contributed by atoms with Crippen molar-refractivity contribution in [3.63, 3.8) is 0 Å². The smallest absolute Gasteiger partial charge is 0.207 e. The van der Waals surface area contributed by atoms with Crippen LogP contribution in [0.15, 0.2) is 27.6 Å². The van der Waals surface area contributed by atoms with Crippen LogP contribution in [0.25, 0.3) is 0 Å². The second-order valence-corrected chi connectivity index (χ2v) is 8.40. The number of hydrogen-bond donors (Lipinski definition) is 0. The van der Waals surface area contributed by atoms with Crippen molar-refractivity contribution < 1.29 is 8.42 Å². The van der Waals surface area contributed by atoms with Gasteiger partial charge in [0, 0.05) is 17.1 Å². The molecule has 19 heavy (non-hydrogen) atoms. The predicted octanol–water partition coefficient (Wildman–Crippen LogP) is 3.32. The number of aryl methyl sites for hydroxylation is 1. The minimum atomic E-state index is -3.35. The second-order valence-electron chi connectivity index (χ2n) is 5.68. The zero-order valence-corrected chi connectivity index (χ0v) is 13.4. The number of halogens is 1. The van der Waals surface area contributed by atoms with Gasteiger partial charge in [-0.3, -0.25) is 0 Å². The average Bonchev–Trinajstić information content (AvgIpc) is 3.19. The van der Waals surface area contributed by atoms with Gasteiger partial charge in [-0.15, -0.1) is 0 Å². The largest absolute Gasteiger partial charge is 0.244 e. The van der Waals surface area contributed by atoms with Gasteiger partial charge in [-0.1, -0.05) is 6.07 Å². The van der Waals surface area contributed by atoms with Crippen LogP contribution < -0.4 is 0 Å². The van der Waals surface area contributed by atoms with E-state index in [1.165, 1.54) is 12.8 Å². The highest BCUT2D eigenvalue weighted by Gasteiger charge is 2.41. The monoisotopic (exact) mass is 343 g/mol. The lowest BCUT2D eigenvalue weighted by Gasteiger charge is -2.22. The van der Waals surface area contributed by atoms with E-state index in [1.807, 2.05) is 19.1 Å². The van der Waals surface area contributed by atoms with Crippen LogP contribution in [0.1, 0.15) is 31.2 Å². The van der Waals surface area contributed by atoms with Gasteiger partial charge in [0.1, 0.15) is 0 Å². The summed E-state index contributed by atoms with van der Waals surface area (Å²) in [6.07, 6.45) is 4.37. The summed E-state index contributed by atoms with van der Waals surface area (Å²) in [4.78, 5) is 0.408. The Hall–Kier alpha value is -0.390. The fraction of sp³-hybridized carbons (Fsp3) is 0.571. The lowest BCUT2D eigenvalue weighted by atomic mass is 10.2. The molecule has 0 aliphatic heterocycles. The minimum absolute atomic E-state index is 0.235. The zero-order valence-electron chi connectivity index (χ0n) is 11.0. The van der Waals surface area contributed by atoms with Crippen molar-refractivity contribution in [3.05, 3.63) is 28.2 Å². The van der Waals surface area contributed by atoms with Gasteiger partial charge in [-0.05, 0) is 72.2 Å². The first-order chi connectivity index (χ1) is 8.98. The molecule has 0 bridgehead atoms. The van der Waals surface area contributed by atoms with Crippen molar-refractivity contribution in [1.29, 1.82) is 0 Å². The summed E-state index contributed by atoms with van der Waals surface area (Å²) >= 11 is 3.40. The van der Waals surface area contributed by atoms with Gasteiger partial charge in [0.25, 0.3) is 0 Å². The molecule has 0 atom stereocenters. The fourth-order valence-electron chi connectivity index (χ4n) is 2.30. The van der Waals surface area contributed by atoms with Crippen LogP contribution in [0.5, 0.6) is 0 Å². The molecule has 2 fully saturated rings. The van der Waals surface area contributed by atoms with Crippen LogP contribution >= 0.6 is 15.9 Å². The molecule has 0 heterocycles. The SMILES string of the molecule is Cc1ccc(S(=O)(=O)N(CC2CC2)C2CC2)c(Br)c1. The average molecular weight is 344 g/mol. The Labute approximate surface area is 123 Å². The predicted molar refractivity (Wildman–Crippen MR) is 78.5 cm³/mol. The highest BCUT2D eigenvalue weighted by molar-refractivity contribution is 9.10. The van der Waals surface area contributed by atoms with Gasteiger partial charge >= 0.3 is 0 Å². The van der Waals surface area contributed by atoms with Crippen molar-refractivity contribution in [1.82, 2.24) is 4.31 Å². The molecular weight excluding hydrogens is 326 g/mol. The number of nitrogens with zero attached hydrogens (tertiary/aromatic N) is 1. The summed E-state index contributed by atoms with van der Waals surface area (Å²) in [5, 5.41) is 0. The standard InChI is InChI=1S/C14H18BrNO2S/c1-10-2-7-14(13(15)8-10)19(17,18)16(12-5-6-12)9-11-3-4-11/h2,7-8,11-12H,3-6,9H2,1H3. The van der Waals surface area contributed by atoms with Gasteiger partial charge in [0.15, 0.2) is 0 Å². The van der Waals surface area contributed by atoms with Crippen LogP contribution in [0, 0.1) is 12.8 Å². The van der Waals surface area contributed by atoms with E-state index in [1.54, 1.807) is 10.4 Å². The van der Waals surface area contributed by atoms with Gasteiger partial charge in [0.05, 0.1) is 4.90 Å². The molecule has 1 aromatic rings. The van der Waals surface area contributed by atoms with Crippen molar-refractivity contribution in [2.75, 3.05) is 6.54 Å². The summed E-state index contributed by atoms with van der Waals surface area (Å²) in [5.41, 5.74) is 1.06. The molecule has 3 nitrogen and oxygen atoms in total. The Balaban J connectivity index is 1.94. The van der Waals surface area contributed by atoms with E-state index >= 15 is 0 Å². The number of benzene rings is 1. The summed E-state index contributed by atoms with van der Waals surface area (Å²) in [6.45, 7) is 2.66. The summed E-state index contributed by atoms with van der Waals surface area (Å²) in [5.74, 6) is 0.583. The van der Waals surface area contributed by atoms with E-state index in [0.29, 0.717) is 21.8 Å². The van der Waals surface area contributed by atoms with Crippen LogP contribution in [0.3, 0.4) is 0 Å². The molecule has 2 saturated carbocycles. The molecule has 0 saturated heterocycles. The molecule has 0 unspecified atom stereocenters. The Morgan fingerprint density at radius 3 is 2.47 bits per heavy atom. The molecule has 0 aromatic heterocycles. The first-order valence-corrected chi connectivity index (χ1v) is 9.00.